The zero-order chi connectivity index (χ0) is 19.0. The van der Waals surface area contributed by atoms with Crippen molar-refractivity contribution in [2.24, 2.45) is 0 Å². The van der Waals surface area contributed by atoms with E-state index in [0.717, 1.165) is 16.5 Å². The van der Waals surface area contributed by atoms with Crippen molar-refractivity contribution in [2.75, 3.05) is 13.1 Å². The van der Waals surface area contributed by atoms with Gasteiger partial charge in [-0.15, -0.1) is 0 Å². The number of fused-ring (bicyclic) bond motifs is 1. The molecule has 1 aliphatic rings. The normalized spacial score (nSPS) is 20.0. The lowest BCUT2D eigenvalue weighted by Crippen LogP contribution is -2.48. The smallest absolute Gasteiger partial charge is 0.256 e. The lowest BCUT2D eigenvalue weighted by Gasteiger charge is -2.35. The summed E-state index contributed by atoms with van der Waals surface area (Å²) in [7, 11) is 0. The number of nitrogens with zero attached hydrogens (tertiary/aromatic N) is 1. The number of morpholine rings is 1. The van der Waals surface area contributed by atoms with Crippen LogP contribution in [0.5, 0.6) is 0 Å². The second-order valence-corrected chi connectivity index (χ2v) is 7.14. The van der Waals surface area contributed by atoms with Crippen molar-refractivity contribution in [3.8, 4) is 11.1 Å². The van der Waals surface area contributed by atoms with Gasteiger partial charge in [0.05, 0.1) is 12.2 Å². The molecule has 138 valence electrons. The highest BCUT2D eigenvalue weighted by Gasteiger charge is 2.26. The van der Waals surface area contributed by atoms with E-state index in [4.69, 9.17) is 4.74 Å². The Morgan fingerprint density at radius 3 is 2.41 bits per heavy atom. The molecule has 1 aromatic heterocycles. The summed E-state index contributed by atoms with van der Waals surface area (Å²) in [6.45, 7) is 5.14. The van der Waals surface area contributed by atoms with Crippen LogP contribution in [-0.4, -0.2) is 41.1 Å². The summed E-state index contributed by atoms with van der Waals surface area (Å²) in [6, 6.07) is 16.8. The molecule has 0 spiro atoms. The van der Waals surface area contributed by atoms with Gasteiger partial charge in [-0.1, -0.05) is 30.3 Å². The molecule has 1 fully saturated rings. The number of pyridine rings is 1. The molecule has 1 amide bonds. The fourth-order valence-electron chi connectivity index (χ4n) is 3.68. The van der Waals surface area contributed by atoms with Gasteiger partial charge in [0.2, 0.25) is 0 Å². The predicted molar refractivity (Wildman–Crippen MR) is 106 cm³/mol. The Balaban J connectivity index is 1.62. The molecule has 1 aliphatic heterocycles. The van der Waals surface area contributed by atoms with Crippen molar-refractivity contribution in [3.63, 3.8) is 0 Å². The van der Waals surface area contributed by atoms with Gasteiger partial charge in [-0.3, -0.25) is 9.59 Å². The molecule has 4 rings (SSSR count). The number of nitrogens with one attached hydrogen (secondary N) is 1. The fraction of sp³-hybridized carbons (Fsp3) is 0.273. The van der Waals surface area contributed by atoms with Gasteiger partial charge in [0.25, 0.3) is 11.5 Å². The van der Waals surface area contributed by atoms with Crippen molar-refractivity contribution >= 4 is 16.8 Å². The number of para-hydroxylation sites is 1. The maximum absolute atomic E-state index is 12.8. The maximum Gasteiger partial charge on any atom is 0.256 e. The minimum atomic E-state index is -0.136. The summed E-state index contributed by atoms with van der Waals surface area (Å²) in [5.74, 6) is -0.00373. The summed E-state index contributed by atoms with van der Waals surface area (Å²) < 4.78 is 5.70. The van der Waals surface area contributed by atoms with E-state index in [9.17, 15) is 9.59 Å². The van der Waals surface area contributed by atoms with Crippen LogP contribution in [0, 0.1) is 0 Å². The minimum absolute atomic E-state index is 0.00373. The third kappa shape index (κ3) is 3.51. The number of H-pyrrole nitrogens is 1. The molecule has 5 nitrogen and oxygen atoms in total. The first kappa shape index (κ1) is 17.5. The lowest BCUT2D eigenvalue weighted by atomic mass is 10.0. The Kier molecular flexibility index (Phi) is 4.54. The van der Waals surface area contributed by atoms with Gasteiger partial charge in [0.15, 0.2) is 0 Å². The molecule has 3 aromatic rings. The highest BCUT2D eigenvalue weighted by molar-refractivity contribution is 5.95. The average Bonchev–Trinajstić information content (AvgIpc) is 2.66. The zero-order valence-corrected chi connectivity index (χ0v) is 15.4. The highest BCUT2D eigenvalue weighted by atomic mass is 16.5. The number of aromatic nitrogens is 1. The first-order valence-corrected chi connectivity index (χ1v) is 9.18. The molecular weight excluding hydrogens is 340 g/mol. The van der Waals surface area contributed by atoms with Crippen LogP contribution in [0.25, 0.3) is 22.0 Å². The van der Waals surface area contributed by atoms with Crippen molar-refractivity contribution < 1.29 is 9.53 Å². The van der Waals surface area contributed by atoms with Crippen LogP contribution in [0.1, 0.15) is 24.2 Å². The summed E-state index contributed by atoms with van der Waals surface area (Å²) in [5, 5.41) is 0.976. The number of ether oxygens (including phenoxy) is 1. The first-order valence-electron chi connectivity index (χ1n) is 9.18. The van der Waals surface area contributed by atoms with Crippen molar-refractivity contribution in [3.05, 3.63) is 70.5 Å². The molecule has 1 N–H and O–H groups in total. The summed E-state index contributed by atoms with van der Waals surface area (Å²) in [4.78, 5) is 30.0. The van der Waals surface area contributed by atoms with Crippen LogP contribution in [-0.2, 0) is 4.74 Å². The molecule has 0 unspecified atom stereocenters. The Morgan fingerprint density at radius 2 is 1.70 bits per heavy atom. The largest absolute Gasteiger partial charge is 0.372 e. The quantitative estimate of drug-likeness (QED) is 0.760. The van der Waals surface area contributed by atoms with Gasteiger partial charge in [0, 0.05) is 29.7 Å². The molecule has 0 radical (unpaired) electrons. The molecule has 2 heterocycles. The van der Waals surface area contributed by atoms with E-state index in [-0.39, 0.29) is 23.7 Å². The van der Waals surface area contributed by atoms with Gasteiger partial charge in [-0.25, -0.2) is 0 Å². The number of amides is 1. The minimum Gasteiger partial charge on any atom is -0.372 e. The van der Waals surface area contributed by atoms with E-state index in [1.165, 1.54) is 0 Å². The Morgan fingerprint density at radius 1 is 1.04 bits per heavy atom. The van der Waals surface area contributed by atoms with E-state index < -0.39 is 0 Å². The number of carbonyl (C=O) groups is 1. The van der Waals surface area contributed by atoms with Gasteiger partial charge in [0.1, 0.15) is 0 Å². The summed E-state index contributed by atoms with van der Waals surface area (Å²) in [5.41, 5.74) is 2.69. The number of hydrogen-bond acceptors (Lipinski definition) is 3. The van der Waals surface area contributed by atoms with E-state index in [1.54, 1.807) is 12.1 Å². The predicted octanol–water partition coefficient (Wildman–Crippen LogP) is 3.44. The van der Waals surface area contributed by atoms with Crippen LogP contribution < -0.4 is 5.56 Å². The Hall–Kier alpha value is -2.92. The van der Waals surface area contributed by atoms with E-state index in [2.05, 4.69) is 4.98 Å². The van der Waals surface area contributed by atoms with Crippen molar-refractivity contribution in [1.82, 2.24) is 9.88 Å². The van der Waals surface area contributed by atoms with E-state index in [0.29, 0.717) is 24.2 Å². The molecule has 5 heteroatoms. The number of benzene rings is 2. The van der Waals surface area contributed by atoms with Gasteiger partial charge < -0.3 is 14.6 Å². The SMILES string of the molecule is C[C@@H]1CN(C(=O)c2ccc(-c3cc4ccccc4[nH]c3=O)cc2)C[C@H](C)O1. The molecule has 2 atom stereocenters. The van der Waals surface area contributed by atoms with E-state index >= 15 is 0 Å². The summed E-state index contributed by atoms with van der Waals surface area (Å²) in [6.07, 6.45) is 0.0706. The van der Waals surface area contributed by atoms with Gasteiger partial charge in [-0.2, -0.15) is 0 Å². The third-order valence-electron chi connectivity index (χ3n) is 4.90. The number of rotatable bonds is 2. The first-order chi connectivity index (χ1) is 13.0. The van der Waals surface area contributed by atoms with E-state index in [1.807, 2.05) is 61.2 Å². The Bertz CT molecular complexity index is 1030. The lowest BCUT2D eigenvalue weighted by molar-refractivity contribution is -0.0586. The average molecular weight is 362 g/mol. The summed E-state index contributed by atoms with van der Waals surface area (Å²) >= 11 is 0. The monoisotopic (exact) mass is 362 g/mol. The van der Waals surface area contributed by atoms with Gasteiger partial charge >= 0.3 is 0 Å². The van der Waals surface area contributed by atoms with Crippen molar-refractivity contribution in [2.45, 2.75) is 26.1 Å². The van der Waals surface area contributed by atoms with Gasteiger partial charge in [-0.05, 0) is 49.1 Å². The van der Waals surface area contributed by atoms with Crippen LogP contribution >= 0.6 is 0 Å². The van der Waals surface area contributed by atoms with Crippen molar-refractivity contribution in [1.29, 1.82) is 0 Å². The van der Waals surface area contributed by atoms with Crippen LogP contribution in [0.2, 0.25) is 0 Å². The molecule has 0 bridgehead atoms. The standard InChI is InChI=1S/C22H22N2O3/c1-14-12-24(13-15(2)27-14)22(26)17-9-7-16(8-10-17)19-11-18-5-3-4-6-20(18)23-21(19)25/h3-11,14-15H,12-13H2,1-2H3,(H,23,25)/t14-,15+. The molecule has 1 saturated heterocycles. The third-order valence-corrected chi connectivity index (χ3v) is 4.90. The molecular formula is C22H22N2O3. The highest BCUT2D eigenvalue weighted by Crippen LogP contribution is 2.21. The van der Waals surface area contributed by atoms with Crippen LogP contribution in [0.3, 0.4) is 0 Å². The second kappa shape index (κ2) is 7.00. The molecule has 0 aliphatic carbocycles. The zero-order valence-electron chi connectivity index (χ0n) is 15.4. The fourth-order valence-corrected chi connectivity index (χ4v) is 3.68. The Labute approximate surface area is 157 Å². The molecule has 27 heavy (non-hydrogen) atoms. The molecule has 2 aromatic carbocycles. The number of aromatic amines is 1. The van der Waals surface area contributed by atoms with Crippen LogP contribution in [0.15, 0.2) is 59.4 Å². The number of hydrogen-bond donors (Lipinski definition) is 1. The second-order valence-electron chi connectivity index (χ2n) is 7.14. The number of carbonyl (C=O) groups excluding carboxylic acids is 1. The van der Waals surface area contributed by atoms with Crippen LogP contribution in [0.4, 0.5) is 0 Å². The maximum atomic E-state index is 12.8. The molecule has 0 saturated carbocycles. The topological polar surface area (TPSA) is 62.4 Å².